The maximum absolute atomic E-state index is 5.65. The fourth-order valence-electron chi connectivity index (χ4n) is 2.16. The summed E-state index contributed by atoms with van der Waals surface area (Å²) in [5, 5.41) is 4.47. The third kappa shape index (κ3) is 6.03. The van der Waals surface area contributed by atoms with E-state index in [1.807, 2.05) is 11.6 Å². The SMILES string of the molecule is Cc1cc(C)n(CCN(CCN)CCCN=C(N)N)n1. The maximum atomic E-state index is 5.65. The maximum Gasteiger partial charge on any atom is 0.185 e. The van der Waals surface area contributed by atoms with Crippen LogP contribution in [0.4, 0.5) is 0 Å². The molecule has 7 heteroatoms. The second-order valence-corrected chi connectivity index (χ2v) is 4.94. The third-order valence-electron chi connectivity index (χ3n) is 3.10. The van der Waals surface area contributed by atoms with E-state index in [0.717, 1.165) is 38.3 Å². The van der Waals surface area contributed by atoms with Gasteiger partial charge in [-0.05, 0) is 26.3 Å². The highest BCUT2D eigenvalue weighted by atomic mass is 15.3. The number of hydrogen-bond donors (Lipinski definition) is 3. The molecule has 0 aliphatic heterocycles. The van der Waals surface area contributed by atoms with Crippen LogP contribution in [0, 0.1) is 13.8 Å². The highest BCUT2D eigenvalue weighted by molar-refractivity contribution is 5.75. The van der Waals surface area contributed by atoms with E-state index in [4.69, 9.17) is 17.2 Å². The molecule has 0 unspecified atom stereocenters. The van der Waals surface area contributed by atoms with Crippen molar-refractivity contribution in [3.8, 4) is 0 Å². The van der Waals surface area contributed by atoms with Crippen LogP contribution in [-0.4, -0.2) is 53.4 Å². The van der Waals surface area contributed by atoms with Crippen molar-refractivity contribution in [2.24, 2.45) is 22.2 Å². The molecule has 0 aliphatic carbocycles. The molecule has 0 fully saturated rings. The quantitative estimate of drug-likeness (QED) is 0.319. The molecule has 6 N–H and O–H groups in total. The molecule has 114 valence electrons. The Hall–Kier alpha value is -1.60. The van der Waals surface area contributed by atoms with Gasteiger partial charge in [0.2, 0.25) is 0 Å². The van der Waals surface area contributed by atoms with Gasteiger partial charge in [0.1, 0.15) is 0 Å². The number of hydrogen-bond acceptors (Lipinski definition) is 4. The molecule has 1 rings (SSSR count). The monoisotopic (exact) mass is 281 g/mol. The van der Waals surface area contributed by atoms with Crippen LogP contribution >= 0.6 is 0 Å². The second kappa shape index (κ2) is 8.55. The van der Waals surface area contributed by atoms with Gasteiger partial charge in [-0.1, -0.05) is 0 Å². The van der Waals surface area contributed by atoms with E-state index in [9.17, 15) is 0 Å². The Morgan fingerprint density at radius 2 is 2.05 bits per heavy atom. The fourth-order valence-corrected chi connectivity index (χ4v) is 2.16. The first-order valence-corrected chi connectivity index (χ1v) is 7.01. The van der Waals surface area contributed by atoms with Crippen molar-refractivity contribution in [1.82, 2.24) is 14.7 Å². The molecular weight excluding hydrogens is 254 g/mol. The van der Waals surface area contributed by atoms with E-state index in [1.54, 1.807) is 0 Å². The van der Waals surface area contributed by atoms with Crippen LogP contribution in [0.3, 0.4) is 0 Å². The number of aromatic nitrogens is 2. The van der Waals surface area contributed by atoms with E-state index >= 15 is 0 Å². The van der Waals surface area contributed by atoms with E-state index in [1.165, 1.54) is 5.69 Å². The van der Waals surface area contributed by atoms with Crippen LogP contribution in [0.5, 0.6) is 0 Å². The summed E-state index contributed by atoms with van der Waals surface area (Å²) in [7, 11) is 0. The predicted molar refractivity (Wildman–Crippen MR) is 82.5 cm³/mol. The van der Waals surface area contributed by atoms with Gasteiger partial charge in [0.05, 0.1) is 12.2 Å². The van der Waals surface area contributed by atoms with Crippen LogP contribution in [0.25, 0.3) is 0 Å². The summed E-state index contributed by atoms with van der Waals surface area (Å²) in [6.07, 6.45) is 0.926. The Morgan fingerprint density at radius 1 is 1.30 bits per heavy atom. The van der Waals surface area contributed by atoms with E-state index in [-0.39, 0.29) is 5.96 Å². The molecule has 0 spiro atoms. The molecule has 0 aromatic carbocycles. The Balaban J connectivity index is 2.38. The van der Waals surface area contributed by atoms with Crippen LogP contribution in [0.15, 0.2) is 11.1 Å². The molecular formula is C13H27N7. The smallest absolute Gasteiger partial charge is 0.185 e. The minimum atomic E-state index is 0.151. The zero-order valence-corrected chi connectivity index (χ0v) is 12.5. The van der Waals surface area contributed by atoms with Gasteiger partial charge >= 0.3 is 0 Å². The summed E-state index contributed by atoms with van der Waals surface area (Å²) in [4.78, 5) is 6.31. The molecule has 0 radical (unpaired) electrons. The molecule has 20 heavy (non-hydrogen) atoms. The second-order valence-electron chi connectivity index (χ2n) is 4.94. The van der Waals surface area contributed by atoms with E-state index < -0.39 is 0 Å². The number of guanidine groups is 1. The predicted octanol–water partition coefficient (Wildman–Crippen LogP) is -0.576. The summed E-state index contributed by atoms with van der Waals surface area (Å²) >= 11 is 0. The molecule has 0 bridgehead atoms. The summed E-state index contributed by atoms with van der Waals surface area (Å²) in [5.41, 5.74) is 18.5. The zero-order chi connectivity index (χ0) is 15.0. The van der Waals surface area contributed by atoms with Crippen LogP contribution in [0.2, 0.25) is 0 Å². The fraction of sp³-hybridized carbons (Fsp3) is 0.692. The molecule has 0 saturated carbocycles. The summed E-state index contributed by atoms with van der Waals surface area (Å²) < 4.78 is 2.04. The highest BCUT2D eigenvalue weighted by Crippen LogP contribution is 2.02. The van der Waals surface area contributed by atoms with Crippen molar-refractivity contribution < 1.29 is 0 Å². The molecule has 0 saturated heterocycles. The first-order chi connectivity index (χ1) is 9.52. The Morgan fingerprint density at radius 3 is 2.60 bits per heavy atom. The lowest BCUT2D eigenvalue weighted by Gasteiger charge is -2.21. The van der Waals surface area contributed by atoms with Crippen LogP contribution < -0.4 is 17.2 Å². The van der Waals surface area contributed by atoms with E-state index in [2.05, 4.69) is 28.0 Å². The van der Waals surface area contributed by atoms with Crippen molar-refractivity contribution in [2.75, 3.05) is 32.7 Å². The summed E-state index contributed by atoms with van der Waals surface area (Å²) in [5.74, 6) is 0.151. The van der Waals surface area contributed by atoms with Gasteiger partial charge in [-0.25, -0.2) is 0 Å². The topological polar surface area (TPSA) is 111 Å². The molecule has 0 atom stereocenters. The van der Waals surface area contributed by atoms with Crippen molar-refractivity contribution in [3.05, 3.63) is 17.5 Å². The first-order valence-electron chi connectivity index (χ1n) is 7.01. The lowest BCUT2D eigenvalue weighted by Crippen LogP contribution is -2.34. The molecule has 1 heterocycles. The van der Waals surface area contributed by atoms with E-state index in [0.29, 0.717) is 13.1 Å². The van der Waals surface area contributed by atoms with Gasteiger partial charge < -0.3 is 22.1 Å². The van der Waals surface area contributed by atoms with Gasteiger partial charge in [0.25, 0.3) is 0 Å². The van der Waals surface area contributed by atoms with Gasteiger partial charge in [0, 0.05) is 38.4 Å². The number of aliphatic imine (C=N–C) groups is 1. The van der Waals surface area contributed by atoms with Gasteiger partial charge in [-0.3, -0.25) is 9.67 Å². The average molecular weight is 281 g/mol. The lowest BCUT2D eigenvalue weighted by atomic mass is 10.3. The van der Waals surface area contributed by atoms with Crippen molar-refractivity contribution in [3.63, 3.8) is 0 Å². The minimum Gasteiger partial charge on any atom is -0.370 e. The van der Waals surface area contributed by atoms with Crippen molar-refractivity contribution >= 4 is 5.96 Å². The largest absolute Gasteiger partial charge is 0.370 e. The minimum absolute atomic E-state index is 0.151. The van der Waals surface area contributed by atoms with Crippen LogP contribution in [0.1, 0.15) is 17.8 Å². The molecule has 7 nitrogen and oxygen atoms in total. The van der Waals surface area contributed by atoms with Crippen molar-refractivity contribution in [1.29, 1.82) is 0 Å². The van der Waals surface area contributed by atoms with Crippen molar-refractivity contribution in [2.45, 2.75) is 26.8 Å². The third-order valence-corrected chi connectivity index (χ3v) is 3.10. The molecule has 1 aromatic rings. The standard InChI is InChI=1S/C13H27N7/c1-11-10-12(2)20(18-11)9-8-19(7-4-14)6-3-5-17-13(15)16/h10H,3-9,14H2,1-2H3,(H4,15,16,17). The number of aryl methyl sites for hydroxylation is 2. The first kappa shape index (κ1) is 16.5. The number of nitrogens with two attached hydrogens (primary N) is 3. The molecule has 0 aliphatic rings. The van der Waals surface area contributed by atoms with Gasteiger partial charge in [-0.2, -0.15) is 5.10 Å². The average Bonchev–Trinajstić information content (AvgIpc) is 2.69. The Kier molecular flexibility index (Phi) is 7.03. The van der Waals surface area contributed by atoms with Crippen LogP contribution in [-0.2, 0) is 6.54 Å². The zero-order valence-electron chi connectivity index (χ0n) is 12.5. The Bertz CT molecular complexity index is 420. The number of nitrogens with zero attached hydrogens (tertiary/aromatic N) is 4. The summed E-state index contributed by atoms with van der Waals surface area (Å²) in [6.45, 7) is 9.02. The Labute approximate surface area is 120 Å². The normalized spacial score (nSPS) is 11.0. The van der Waals surface area contributed by atoms with Gasteiger partial charge in [-0.15, -0.1) is 0 Å². The lowest BCUT2D eigenvalue weighted by molar-refractivity contribution is 0.262. The highest BCUT2D eigenvalue weighted by Gasteiger charge is 2.06. The molecule has 0 amide bonds. The molecule has 1 aromatic heterocycles. The van der Waals surface area contributed by atoms with Gasteiger partial charge in [0.15, 0.2) is 5.96 Å². The number of rotatable bonds is 9. The summed E-state index contributed by atoms with van der Waals surface area (Å²) in [6, 6.07) is 2.09.